The lowest BCUT2D eigenvalue weighted by Crippen LogP contribution is -2.27. The van der Waals surface area contributed by atoms with Crippen molar-refractivity contribution in [2.75, 3.05) is 13.1 Å². The van der Waals surface area contributed by atoms with Crippen LogP contribution in [-0.2, 0) is 6.42 Å². The lowest BCUT2D eigenvalue weighted by atomic mass is 9.91. The molecule has 0 spiro atoms. The highest BCUT2D eigenvalue weighted by Crippen LogP contribution is 2.20. The van der Waals surface area contributed by atoms with Gasteiger partial charge in [-0.2, -0.15) is 0 Å². The molecule has 0 bridgehead atoms. The first-order chi connectivity index (χ1) is 8.42. The minimum atomic E-state index is 0.911. The molecule has 1 aliphatic heterocycles. The molecule has 1 aliphatic rings. The number of H-pyrrole nitrogens is 1. The van der Waals surface area contributed by atoms with Crippen LogP contribution in [0.2, 0.25) is 0 Å². The summed E-state index contributed by atoms with van der Waals surface area (Å²) in [5, 5.41) is 3.42. The highest BCUT2D eigenvalue weighted by atomic mass is 14.9. The number of hydrogen-bond acceptors (Lipinski definition) is 2. The Bertz CT molecular complexity index is 483. The first-order valence-corrected chi connectivity index (χ1v) is 6.54. The maximum Gasteiger partial charge on any atom is 0.0931 e. The summed E-state index contributed by atoms with van der Waals surface area (Å²) in [5.74, 6) is 0.911. The fraction of sp³-hybridized carbons (Fsp3) is 0.500. The molecular weight excluding hydrogens is 210 g/mol. The van der Waals surface area contributed by atoms with E-state index in [1.807, 2.05) is 0 Å². The topological polar surface area (TPSA) is 40.7 Å². The molecule has 90 valence electrons. The molecule has 0 radical (unpaired) electrons. The number of rotatable bonds is 3. The number of aromatic amines is 1. The predicted octanol–water partition coefficient (Wildman–Crippen LogP) is 2.50. The third kappa shape index (κ3) is 2.50. The van der Waals surface area contributed by atoms with Crippen LogP contribution in [0.3, 0.4) is 0 Å². The van der Waals surface area contributed by atoms with Gasteiger partial charge in [-0.3, -0.25) is 0 Å². The average molecular weight is 229 g/mol. The lowest BCUT2D eigenvalue weighted by Gasteiger charge is -2.22. The molecule has 1 aromatic carbocycles. The van der Waals surface area contributed by atoms with E-state index >= 15 is 0 Å². The Kier molecular flexibility index (Phi) is 3.10. The third-order valence-corrected chi connectivity index (χ3v) is 3.78. The fourth-order valence-electron chi connectivity index (χ4n) is 2.68. The van der Waals surface area contributed by atoms with Crippen LogP contribution in [0, 0.1) is 5.92 Å². The van der Waals surface area contributed by atoms with Crippen molar-refractivity contribution in [3.8, 4) is 0 Å². The van der Waals surface area contributed by atoms with E-state index < -0.39 is 0 Å². The summed E-state index contributed by atoms with van der Waals surface area (Å²) in [6, 6.07) is 6.57. The largest absolute Gasteiger partial charge is 0.345 e. The zero-order valence-corrected chi connectivity index (χ0v) is 10.1. The predicted molar refractivity (Wildman–Crippen MR) is 70.0 cm³/mol. The van der Waals surface area contributed by atoms with Gasteiger partial charge in [0.1, 0.15) is 0 Å². The van der Waals surface area contributed by atoms with Gasteiger partial charge in [0.15, 0.2) is 0 Å². The number of piperidine rings is 1. The Labute approximate surface area is 102 Å². The molecule has 0 saturated carbocycles. The molecule has 3 nitrogen and oxygen atoms in total. The smallest absolute Gasteiger partial charge is 0.0931 e. The molecule has 0 atom stereocenters. The molecule has 3 heteroatoms. The number of nitrogens with zero attached hydrogens (tertiary/aromatic N) is 1. The Morgan fingerprint density at radius 2 is 2.12 bits per heavy atom. The molecule has 3 rings (SSSR count). The van der Waals surface area contributed by atoms with Gasteiger partial charge in [-0.15, -0.1) is 0 Å². The van der Waals surface area contributed by atoms with E-state index in [2.05, 4.69) is 33.5 Å². The maximum absolute atomic E-state index is 4.25. The van der Waals surface area contributed by atoms with Crippen LogP contribution in [-0.4, -0.2) is 23.1 Å². The van der Waals surface area contributed by atoms with Gasteiger partial charge in [0.2, 0.25) is 0 Å². The van der Waals surface area contributed by atoms with Crippen molar-refractivity contribution < 1.29 is 0 Å². The van der Waals surface area contributed by atoms with Crippen LogP contribution in [0.5, 0.6) is 0 Å². The molecule has 2 N–H and O–H groups in total. The second kappa shape index (κ2) is 4.88. The second-order valence-electron chi connectivity index (χ2n) is 4.99. The number of aromatic nitrogens is 2. The average Bonchev–Trinajstić information content (AvgIpc) is 2.85. The van der Waals surface area contributed by atoms with Crippen molar-refractivity contribution in [2.24, 2.45) is 5.92 Å². The summed E-state index contributed by atoms with van der Waals surface area (Å²) in [6.07, 6.45) is 6.96. The molecule has 1 saturated heterocycles. The number of hydrogen-bond donors (Lipinski definition) is 2. The summed E-state index contributed by atoms with van der Waals surface area (Å²) in [4.78, 5) is 7.42. The molecule has 2 aromatic rings. The summed E-state index contributed by atoms with van der Waals surface area (Å²) in [7, 11) is 0. The van der Waals surface area contributed by atoms with E-state index in [9.17, 15) is 0 Å². The third-order valence-electron chi connectivity index (χ3n) is 3.78. The number of fused-ring (bicyclic) bond motifs is 1. The van der Waals surface area contributed by atoms with Crippen molar-refractivity contribution in [1.29, 1.82) is 0 Å². The molecule has 0 unspecified atom stereocenters. The minimum Gasteiger partial charge on any atom is -0.345 e. The van der Waals surface area contributed by atoms with Crippen molar-refractivity contribution >= 4 is 11.0 Å². The second-order valence-corrected chi connectivity index (χ2v) is 4.99. The quantitative estimate of drug-likeness (QED) is 0.849. The van der Waals surface area contributed by atoms with Gasteiger partial charge in [-0.1, -0.05) is 6.07 Å². The minimum absolute atomic E-state index is 0.911. The standard InChI is InChI=1S/C14H19N3/c1(11-5-7-15-8-6-11)2-12-3-4-13-14(9-12)17-10-16-13/h3-4,9-11,15H,1-2,5-8H2,(H,16,17). The molecule has 1 fully saturated rings. The summed E-state index contributed by atoms with van der Waals surface area (Å²) < 4.78 is 0. The van der Waals surface area contributed by atoms with Crippen LogP contribution in [0.1, 0.15) is 24.8 Å². The molecule has 0 aliphatic carbocycles. The Hall–Kier alpha value is -1.35. The number of imidazole rings is 1. The van der Waals surface area contributed by atoms with E-state index in [4.69, 9.17) is 0 Å². The molecule has 2 heterocycles. The van der Waals surface area contributed by atoms with E-state index in [1.165, 1.54) is 44.3 Å². The van der Waals surface area contributed by atoms with Gasteiger partial charge in [0, 0.05) is 0 Å². The molecule has 1 aromatic heterocycles. The monoisotopic (exact) mass is 229 g/mol. The molecule has 17 heavy (non-hydrogen) atoms. The Balaban J connectivity index is 1.63. The van der Waals surface area contributed by atoms with Crippen molar-refractivity contribution in [1.82, 2.24) is 15.3 Å². The van der Waals surface area contributed by atoms with E-state index in [0.717, 1.165) is 17.0 Å². The van der Waals surface area contributed by atoms with Gasteiger partial charge in [0.25, 0.3) is 0 Å². The van der Waals surface area contributed by atoms with Gasteiger partial charge in [0.05, 0.1) is 17.4 Å². The van der Waals surface area contributed by atoms with Crippen LogP contribution in [0.25, 0.3) is 11.0 Å². The zero-order chi connectivity index (χ0) is 11.5. The Morgan fingerprint density at radius 1 is 1.24 bits per heavy atom. The van der Waals surface area contributed by atoms with Crippen LogP contribution in [0.4, 0.5) is 0 Å². The number of aryl methyl sites for hydroxylation is 1. The first-order valence-electron chi connectivity index (χ1n) is 6.54. The fourth-order valence-corrected chi connectivity index (χ4v) is 2.68. The van der Waals surface area contributed by atoms with Gasteiger partial charge < -0.3 is 10.3 Å². The Morgan fingerprint density at radius 3 is 3.00 bits per heavy atom. The highest BCUT2D eigenvalue weighted by molar-refractivity contribution is 5.74. The van der Waals surface area contributed by atoms with E-state index in [1.54, 1.807) is 6.33 Å². The lowest BCUT2D eigenvalue weighted by molar-refractivity contribution is 0.354. The van der Waals surface area contributed by atoms with Crippen LogP contribution >= 0.6 is 0 Å². The van der Waals surface area contributed by atoms with E-state index in [0.29, 0.717) is 0 Å². The van der Waals surface area contributed by atoms with Crippen molar-refractivity contribution in [3.05, 3.63) is 30.1 Å². The van der Waals surface area contributed by atoms with Gasteiger partial charge in [-0.25, -0.2) is 4.98 Å². The van der Waals surface area contributed by atoms with Crippen molar-refractivity contribution in [3.63, 3.8) is 0 Å². The van der Waals surface area contributed by atoms with Crippen molar-refractivity contribution in [2.45, 2.75) is 25.7 Å². The SMILES string of the molecule is c1nc2ccc(CCC3CCNCC3)cc2[nH]1. The van der Waals surface area contributed by atoms with Gasteiger partial charge in [-0.05, 0) is 62.4 Å². The molecule has 0 amide bonds. The van der Waals surface area contributed by atoms with Crippen LogP contribution < -0.4 is 5.32 Å². The first kappa shape index (κ1) is 10.8. The summed E-state index contributed by atoms with van der Waals surface area (Å²) in [5.41, 5.74) is 3.66. The summed E-state index contributed by atoms with van der Waals surface area (Å²) in [6.45, 7) is 2.40. The van der Waals surface area contributed by atoms with E-state index in [-0.39, 0.29) is 0 Å². The molecular formula is C14H19N3. The van der Waals surface area contributed by atoms with Gasteiger partial charge >= 0.3 is 0 Å². The maximum atomic E-state index is 4.25. The normalized spacial score (nSPS) is 17.6. The summed E-state index contributed by atoms with van der Waals surface area (Å²) >= 11 is 0. The number of benzene rings is 1. The highest BCUT2D eigenvalue weighted by Gasteiger charge is 2.12. The zero-order valence-electron chi connectivity index (χ0n) is 10.1. The van der Waals surface area contributed by atoms with Crippen LogP contribution in [0.15, 0.2) is 24.5 Å². The number of nitrogens with one attached hydrogen (secondary N) is 2.